The van der Waals surface area contributed by atoms with Crippen molar-refractivity contribution in [2.75, 3.05) is 0 Å². The van der Waals surface area contributed by atoms with Gasteiger partial charge in [-0.25, -0.2) is 9.35 Å². The Hall–Kier alpha value is 1.47. The van der Waals surface area contributed by atoms with E-state index in [9.17, 15) is 0 Å². The predicted octanol–water partition coefficient (Wildman–Crippen LogP) is 0.512. The van der Waals surface area contributed by atoms with Crippen LogP contribution in [0.3, 0.4) is 0 Å². The van der Waals surface area contributed by atoms with Crippen molar-refractivity contribution in [3.8, 4) is 0 Å². The third-order valence-corrected chi connectivity index (χ3v) is 0.500. The fourth-order valence-corrected chi connectivity index (χ4v) is 0. The average Bonchev–Trinajstić information content (AvgIpc) is 1.37. The van der Waals surface area contributed by atoms with E-state index in [0.717, 1.165) is 0 Å². The van der Waals surface area contributed by atoms with Gasteiger partial charge in [0.05, 0.1) is 0 Å². The van der Waals surface area contributed by atoms with Crippen LogP contribution in [-0.4, -0.2) is 0 Å². The summed E-state index contributed by atoms with van der Waals surface area (Å²) in [6.45, 7) is 0. The molecule has 0 rings (SSSR count). The first kappa shape index (κ1) is 9.69. The summed E-state index contributed by atoms with van der Waals surface area (Å²) in [5, 5.41) is 0. The second kappa shape index (κ2) is 9.08. The largest absolute Gasteiger partial charge is 0.219 e. The number of hydrogen-bond acceptors (Lipinski definition) is 2. The molecule has 0 saturated heterocycles. The molecule has 5 heteroatoms. The first-order chi connectivity index (χ1) is 1.91. The van der Waals surface area contributed by atoms with Gasteiger partial charge in [-0.3, -0.25) is 0 Å². The second-order valence-electron chi connectivity index (χ2n) is 0.192. The number of hydrogen-bond donors (Lipinski definition) is 0. The molecule has 0 bridgehead atoms. The molecule has 0 heterocycles. The van der Waals surface area contributed by atoms with Crippen LogP contribution in [0.2, 0.25) is 0 Å². The van der Waals surface area contributed by atoms with Gasteiger partial charge in [0.25, 0.3) is 0 Å². The van der Waals surface area contributed by atoms with E-state index in [1.807, 2.05) is 18.9 Å². The minimum atomic E-state index is 0. The van der Waals surface area contributed by atoms with E-state index in [0.29, 0.717) is 0 Å². The molecule has 0 fully saturated rings. The van der Waals surface area contributed by atoms with Crippen molar-refractivity contribution in [1.29, 1.82) is 0 Å². The fraction of sp³-hybridized carbons (Fsp3) is 0. The monoisotopic (exact) mass is 282 g/mol. The maximum absolute atomic E-state index is 3.92. The molecular weight excluding hydrogens is 278 g/mol. The normalized spacial score (nSPS) is 6.00. The van der Waals surface area contributed by atoms with Crippen molar-refractivity contribution in [1.82, 2.24) is 0 Å². The minimum absolute atomic E-state index is 0. The summed E-state index contributed by atoms with van der Waals surface area (Å²) in [6.07, 6.45) is 0. The van der Waals surface area contributed by atoms with Gasteiger partial charge in [-0.2, -0.15) is 0 Å². The second-order valence-corrected chi connectivity index (χ2v) is 0.577. The Labute approximate surface area is 49.8 Å². The maximum atomic E-state index is 3.92. The molecular formula is H4O2P2W. The summed E-state index contributed by atoms with van der Waals surface area (Å²) in [5.41, 5.74) is 0. The van der Waals surface area contributed by atoms with Crippen LogP contribution in [0.5, 0.6) is 0 Å². The molecule has 0 radical (unpaired) electrons. The smallest absolute Gasteiger partial charge is 0.0424 e. The molecule has 0 aliphatic rings. The van der Waals surface area contributed by atoms with Crippen LogP contribution in [0, 0.1) is 0 Å². The van der Waals surface area contributed by atoms with Gasteiger partial charge < -0.3 is 0 Å². The molecule has 0 aromatic carbocycles. The zero-order valence-corrected chi connectivity index (χ0v) is 7.62. The summed E-state index contributed by atoms with van der Waals surface area (Å²) in [6, 6.07) is 0. The van der Waals surface area contributed by atoms with E-state index < -0.39 is 0 Å². The van der Waals surface area contributed by atoms with Gasteiger partial charge in [-0.1, -0.05) is 0 Å². The van der Waals surface area contributed by atoms with Gasteiger partial charge in [0.15, 0.2) is 0 Å². The molecule has 0 amide bonds. The molecule has 0 aliphatic heterocycles. The summed E-state index contributed by atoms with van der Waals surface area (Å²) in [5.74, 6) is 0. The predicted molar refractivity (Wildman–Crippen MR) is 21.6 cm³/mol. The average molecular weight is 282 g/mol. The Bertz CT molecular complexity index is 9.61. The molecule has 2 atom stereocenters. The van der Waals surface area contributed by atoms with Gasteiger partial charge in [0.1, 0.15) is 0 Å². The van der Waals surface area contributed by atoms with Crippen LogP contribution in [0.25, 0.3) is 0 Å². The van der Waals surface area contributed by atoms with E-state index in [-0.39, 0.29) is 21.1 Å². The Balaban J connectivity index is 0. The summed E-state index contributed by atoms with van der Waals surface area (Å²) >= 11 is 0. The Morgan fingerprint density at radius 2 is 1.20 bits per heavy atom. The van der Waals surface area contributed by atoms with Gasteiger partial charge in [-0.05, 0) is 0 Å². The fourth-order valence-electron chi connectivity index (χ4n) is 0. The van der Waals surface area contributed by atoms with E-state index >= 15 is 0 Å². The number of rotatable bonds is 1. The topological polar surface area (TPSA) is 18.5 Å². The molecule has 32 valence electrons. The SMILES string of the molecule is POOP.[W]. The van der Waals surface area contributed by atoms with Crippen molar-refractivity contribution in [2.45, 2.75) is 0 Å². The first-order valence-corrected chi connectivity index (χ1v) is 1.58. The van der Waals surface area contributed by atoms with Crippen LogP contribution in [0.4, 0.5) is 0 Å². The Morgan fingerprint density at radius 1 is 1.00 bits per heavy atom. The van der Waals surface area contributed by atoms with E-state index in [1.165, 1.54) is 0 Å². The molecule has 0 aliphatic carbocycles. The molecule has 2 unspecified atom stereocenters. The van der Waals surface area contributed by atoms with Crippen LogP contribution in [0.1, 0.15) is 0 Å². The zero-order valence-electron chi connectivity index (χ0n) is 2.38. The molecule has 0 saturated carbocycles. The summed E-state index contributed by atoms with van der Waals surface area (Å²) in [4.78, 5) is 0. The van der Waals surface area contributed by atoms with E-state index in [1.54, 1.807) is 0 Å². The summed E-state index contributed by atoms with van der Waals surface area (Å²) < 4.78 is 7.84. The quantitative estimate of drug-likeness (QED) is 0.396. The molecule has 0 N–H and O–H groups in total. The maximum Gasteiger partial charge on any atom is 0.0424 e. The molecule has 0 aromatic rings. The third-order valence-electron chi connectivity index (χ3n) is 0.0556. The molecule has 0 aromatic heterocycles. The van der Waals surface area contributed by atoms with E-state index in [2.05, 4.69) is 9.35 Å². The first-order valence-electron chi connectivity index (χ1n) is 0.638. The van der Waals surface area contributed by atoms with Crippen molar-refractivity contribution in [3.05, 3.63) is 0 Å². The Kier molecular flexibility index (Phi) is 17.6. The van der Waals surface area contributed by atoms with Crippen molar-refractivity contribution in [3.63, 3.8) is 0 Å². The Morgan fingerprint density at radius 3 is 1.20 bits per heavy atom. The summed E-state index contributed by atoms with van der Waals surface area (Å²) in [7, 11) is 3.82. The molecule has 0 spiro atoms. The van der Waals surface area contributed by atoms with Crippen LogP contribution >= 0.6 is 18.9 Å². The minimum Gasteiger partial charge on any atom is -0.219 e. The molecule has 2 nitrogen and oxygen atoms in total. The van der Waals surface area contributed by atoms with Crippen LogP contribution in [0.15, 0.2) is 0 Å². The standard InChI is InChI=1S/H4O2P2.W/c3-1-2-4;/h3-4H2;. The van der Waals surface area contributed by atoms with Gasteiger partial charge in [-0.15, -0.1) is 0 Å². The van der Waals surface area contributed by atoms with Crippen LogP contribution < -0.4 is 0 Å². The van der Waals surface area contributed by atoms with Gasteiger partial charge in [0.2, 0.25) is 0 Å². The van der Waals surface area contributed by atoms with Gasteiger partial charge >= 0.3 is 0 Å². The van der Waals surface area contributed by atoms with Crippen molar-refractivity contribution in [2.24, 2.45) is 0 Å². The molecule has 5 heavy (non-hydrogen) atoms. The van der Waals surface area contributed by atoms with Crippen molar-refractivity contribution < 1.29 is 30.4 Å². The van der Waals surface area contributed by atoms with Crippen LogP contribution in [-0.2, 0) is 30.4 Å². The zero-order chi connectivity index (χ0) is 3.41. The van der Waals surface area contributed by atoms with Gasteiger partial charge in [0, 0.05) is 40.0 Å². The van der Waals surface area contributed by atoms with E-state index in [4.69, 9.17) is 0 Å². The third kappa shape index (κ3) is 10.8. The van der Waals surface area contributed by atoms with Crippen molar-refractivity contribution >= 4 is 18.9 Å².